The predicted molar refractivity (Wildman–Crippen MR) is 199 cm³/mol. The van der Waals surface area contributed by atoms with Crippen molar-refractivity contribution in [2.75, 3.05) is 0 Å². The fourth-order valence-corrected chi connectivity index (χ4v) is 9.28. The molecule has 6 rings (SSSR count). The summed E-state index contributed by atoms with van der Waals surface area (Å²) in [5, 5.41) is 0. The molecule has 0 aromatic heterocycles. The first-order chi connectivity index (χ1) is 22.0. The lowest BCUT2D eigenvalue weighted by Crippen LogP contribution is -2.08. The van der Waals surface area contributed by atoms with Crippen LogP contribution in [0.15, 0.2) is 96.1 Å². The summed E-state index contributed by atoms with van der Waals surface area (Å²) in [6, 6.07) is 35.3. The van der Waals surface area contributed by atoms with Crippen molar-refractivity contribution in [2.45, 2.75) is 103 Å². The van der Waals surface area contributed by atoms with E-state index in [0.717, 1.165) is 22.4 Å². The molecular formula is C44H50Si. The maximum Gasteiger partial charge on any atom is 0.0397 e. The molecule has 0 heterocycles. The Morgan fingerprint density at radius 1 is 0.533 bits per heavy atom. The molecule has 4 aromatic carbocycles. The van der Waals surface area contributed by atoms with E-state index in [1.807, 2.05) is 0 Å². The minimum Gasteiger partial charge on any atom is -0.0648 e. The molecule has 0 amide bonds. The van der Waals surface area contributed by atoms with Crippen molar-refractivity contribution >= 4 is 21.7 Å². The number of allylic oxidation sites excluding steroid dienone is 2. The molecule has 0 spiro atoms. The minimum absolute atomic E-state index is 0.549. The van der Waals surface area contributed by atoms with Gasteiger partial charge in [-0.1, -0.05) is 162 Å². The van der Waals surface area contributed by atoms with Crippen LogP contribution in [-0.4, -0.2) is 9.52 Å². The van der Waals surface area contributed by atoms with E-state index in [1.54, 1.807) is 22.3 Å². The highest BCUT2D eigenvalue weighted by atomic mass is 28.2. The molecule has 4 atom stereocenters. The van der Waals surface area contributed by atoms with Gasteiger partial charge in [0.05, 0.1) is 0 Å². The van der Waals surface area contributed by atoms with E-state index in [4.69, 9.17) is 0 Å². The van der Waals surface area contributed by atoms with Crippen molar-refractivity contribution in [1.29, 1.82) is 0 Å². The zero-order valence-electron chi connectivity index (χ0n) is 28.3. The van der Waals surface area contributed by atoms with Gasteiger partial charge in [-0.25, -0.2) is 0 Å². The Labute approximate surface area is 275 Å². The molecule has 0 nitrogen and oxygen atoms in total. The summed E-state index contributed by atoms with van der Waals surface area (Å²) in [6.45, 7) is 13.9. The number of hydrogen-bond donors (Lipinski definition) is 0. The van der Waals surface area contributed by atoms with Crippen LogP contribution in [0.2, 0.25) is 12.1 Å². The van der Waals surface area contributed by atoms with Gasteiger partial charge in [-0.05, 0) is 93.2 Å². The molecule has 2 aliphatic carbocycles. The minimum atomic E-state index is 0.549. The largest absolute Gasteiger partial charge is 0.0648 e. The van der Waals surface area contributed by atoms with Crippen LogP contribution in [0.5, 0.6) is 0 Å². The fraction of sp³-hybridized carbons (Fsp3) is 0.364. The average molecular weight is 607 g/mol. The molecule has 4 aromatic rings. The molecule has 45 heavy (non-hydrogen) atoms. The van der Waals surface area contributed by atoms with E-state index >= 15 is 0 Å². The second kappa shape index (κ2) is 13.9. The predicted octanol–water partition coefficient (Wildman–Crippen LogP) is 13.1. The summed E-state index contributed by atoms with van der Waals surface area (Å²) < 4.78 is 0. The molecule has 0 saturated heterocycles. The highest BCUT2D eigenvalue weighted by Crippen LogP contribution is 2.47. The van der Waals surface area contributed by atoms with Gasteiger partial charge in [0.25, 0.3) is 0 Å². The summed E-state index contributed by atoms with van der Waals surface area (Å²) >= 11 is 0. The number of rotatable bonds is 12. The molecule has 0 aliphatic heterocycles. The van der Waals surface area contributed by atoms with Crippen molar-refractivity contribution in [3.05, 3.63) is 129 Å². The second-order valence-electron chi connectivity index (χ2n) is 13.4. The van der Waals surface area contributed by atoms with Gasteiger partial charge in [0.1, 0.15) is 0 Å². The van der Waals surface area contributed by atoms with Crippen molar-refractivity contribution in [3.8, 4) is 22.3 Å². The van der Waals surface area contributed by atoms with Crippen molar-refractivity contribution in [1.82, 2.24) is 0 Å². The van der Waals surface area contributed by atoms with Crippen LogP contribution >= 0.6 is 0 Å². The maximum absolute atomic E-state index is 2.53. The Hall–Kier alpha value is -3.42. The van der Waals surface area contributed by atoms with Gasteiger partial charge >= 0.3 is 0 Å². The average Bonchev–Trinajstić information content (AvgIpc) is 3.65. The molecule has 4 unspecified atom stereocenters. The molecule has 0 saturated carbocycles. The van der Waals surface area contributed by atoms with Crippen LogP contribution in [0.25, 0.3) is 34.4 Å². The topological polar surface area (TPSA) is 0 Å². The van der Waals surface area contributed by atoms with E-state index in [9.17, 15) is 0 Å². The maximum atomic E-state index is 2.53. The molecular weight excluding hydrogens is 557 g/mol. The first kappa shape index (κ1) is 31.6. The van der Waals surface area contributed by atoms with Crippen LogP contribution in [0, 0.1) is 0 Å². The lowest BCUT2D eigenvalue weighted by molar-refractivity contribution is 0.734. The van der Waals surface area contributed by atoms with Gasteiger partial charge in [0, 0.05) is 21.4 Å². The Morgan fingerprint density at radius 2 is 0.933 bits per heavy atom. The van der Waals surface area contributed by atoms with Crippen molar-refractivity contribution in [3.63, 3.8) is 0 Å². The quantitative estimate of drug-likeness (QED) is 0.141. The van der Waals surface area contributed by atoms with Gasteiger partial charge in [0.15, 0.2) is 0 Å². The van der Waals surface area contributed by atoms with Crippen LogP contribution in [-0.2, 0) is 0 Å². The Bertz CT molecular complexity index is 1560. The van der Waals surface area contributed by atoms with Crippen LogP contribution in [0.1, 0.15) is 124 Å². The van der Waals surface area contributed by atoms with Gasteiger partial charge in [-0.3, -0.25) is 0 Å². The number of hydrogen-bond acceptors (Lipinski definition) is 0. The number of benzene rings is 4. The van der Waals surface area contributed by atoms with Gasteiger partial charge in [-0.15, -0.1) is 0 Å². The van der Waals surface area contributed by atoms with E-state index in [2.05, 4.69) is 139 Å². The zero-order valence-corrected chi connectivity index (χ0v) is 29.3. The van der Waals surface area contributed by atoms with Crippen LogP contribution < -0.4 is 0 Å². The first-order valence-corrected chi connectivity index (χ1v) is 19.0. The van der Waals surface area contributed by atoms with E-state index in [1.165, 1.54) is 69.4 Å². The Kier molecular flexibility index (Phi) is 9.76. The van der Waals surface area contributed by atoms with E-state index < -0.39 is 0 Å². The normalized spacial score (nSPS) is 18.3. The van der Waals surface area contributed by atoms with Crippen molar-refractivity contribution < 1.29 is 0 Å². The molecule has 1 heteroatoms. The van der Waals surface area contributed by atoms with Gasteiger partial charge in [0.2, 0.25) is 0 Å². The summed E-state index contributed by atoms with van der Waals surface area (Å²) in [6.07, 6.45) is 9.68. The highest BCUT2D eigenvalue weighted by molar-refractivity contribution is 6.36. The lowest BCUT2D eigenvalue weighted by atomic mass is 9.91. The fourth-order valence-electron chi connectivity index (χ4n) is 7.58. The third-order valence-corrected chi connectivity index (χ3v) is 12.3. The summed E-state index contributed by atoms with van der Waals surface area (Å²) in [5.41, 5.74) is 17.6. The Morgan fingerprint density at radius 3 is 1.29 bits per heavy atom. The van der Waals surface area contributed by atoms with Gasteiger partial charge < -0.3 is 0 Å². The molecule has 0 fully saturated rings. The SMILES string of the molecule is CCC1=Cc2c(-c3ccc(C(C)CC)cc3)cccc2C1C[Si]CC1C(CC)=Cc2c(-c3ccc(C(C)CC)cc3)cccc21. The number of fused-ring (bicyclic) bond motifs is 2. The van der Waals surface area contributed by atoms with Crippen LogP contribution in [0.3, 0.4) is 0 Å². The highest BCUT2D eigenvalue weighted by Gasteiger charge is 2.29. The zero-order chi connectivity index (χ0) is 31.5. The lowest BCUT2D eigenvalue weighted by Gasteiger charge is -2.20. The first-order valence-electron chi connectivity index (χ1n) is 17.5. The third-order valence-electron chi connectivity index (χ3n) is 10.9. The van der Waals surface area contributed by atoms with Gasteiger partial charge in [-0.2, -0.15) is 0 Å². The summed E-state index contributed by atoms with van der Waals surface area (Å²) in [5.74, 6) is 2.32. The standard InChI is InChI=1S/C44H50Si/c1-7-29(5)33-17-21-35(22-18-33)37-13-11-15-39-41(37)25-31(9-3)43(39)27-45-28-44-32(10-4)26-42-38(14-12-16-40(42)44)36-23-19-34(20-24-36)30(6)8-2/h11-26,29-30,43-44H,7-10,27-28H2,1-6H3. The summed E-state index contributed by atoms with van der Waals surface area (Å²) in [4.78, 5) is 0. The smallest absolute Gasteiger partial charge is 0.0397 e. The van der Waals surface area contributed by atoms with Crippen LogP contribution in [0.4, 0.5) is 0 Å². The second-order valence-corrected chi connectivity index (χ2v) is 14.7. The Balaban J connectivity index is 1.20. The van der Waals surface area contributed by atoms with E-state index in [-0.39, 0.29) is 0 Å². The van der Waals surface area contributed by atoms with E-state index in [0.29, 0.717) is 23.7 Å². The molecule has 2 aliphatic rings. The molecule has 0 bridgehead atoms. The third kappa shape index (κ3) is 6.21. The summed E-state index contributed by atoms with van der Waals surface area (Å²) in [7, 11) is 0.937. The molecule has 2 radical (unpaired) electrons. The molecule has 230 valence electrons. The molecule has 0 N–H and O–H groups in total. The van der Waals surface area contributed by atoms with Crippen molar-refractivity contribution in [2.24, 2.45) is 0 Å². The monoisotopic (exact) mass is 606 g/mol.